The topological polar surface area (TPSA) is 75.4 Å². The SMILES string of the molecule is CC(C)n1c(Br)nc(C(=O)O)c1C(O)c1ccc(Cl)cc1. The van der Waals surface area contributed by atoms with Crippen molar-refractivity contribution in [1.82, 2.24) is 9.55 Å². The second-order valence-electron chi connectivity index (χ2n) is 4.84. The first-order valence-electron chi connectivity index (χ1n) is 6.27. The second kappa shape index (κ2) is 6.17. The summed E-state index contributed by atoms with van der Waals surface area (Å²) in [7, 11) is 0. The molecule has 1 heterocycles. The summed E-state index contributed by atoms with van der Waals surface area (Å²) in [6.45, 7) is 3.77. The predicted octanol–water partition coefficient (Wildman–Crippen LogP) is 3.66. The third-order valence-electron chi connectivity index (χ3n) is 3.07. The smallest absolute Gasteiger partial charge is 0.356 e. The Kier molecular flexibility index (Phi) is 4.70. The number of halogens is 2. The molecule has 1 aromatic heterocycles. The molecule has 1 unspecified atom stereocenters. The average Bonchev–Trinajstić information content (AvgIpc) is 2.76. The molecule has 0 amide bonds. The van der Waals surface area contributed by atoms with Gasteiger partial charge >= 0.3 is 5.97 Å². The number of carboxylic acid groups (broad SMARTS) is 1. The van der Waals surface area contributed by atoms with Crippen molar-refractivity contribution in [2.75, 3.05) is 0 Å². The van der Waals surface area contributed by atoms with Gasteiger partial charge in [-0.2, -0.15) is 0 Å². The lowest BCUT2D eigenvalue weighted by Gasteiger charge is -2.18. The number of carboxylic acids is 1. The third kappa shape index (κ3) is 3.12. The van der Waals surface area contributed by atoms with Gasteiger partial charge in [-0.25, -0.2) is 9.78 Å². The van der Waals surface area contributed by atoms with E-state index in [1.165, 1.54) is 0 Å². The number of rotatable bonds is 4. The van der Waals surface area contributed by atoms with Crippen LogP contribution in [0.25, 0.3) is 0 Å². The molecule has 0 spiro atoms. The van der Waals surface area contributed by atoms with Gasteiger partial charge in [-0.15, -0.1) is 0 Å². The Morgan fingerprint density at radius 1 is 1.33 bits per heavy atom. The zero-order valence-corrected chi connectivity index (χ0v) is 13.8. The Bertz CT molecular complexity index is 668. The van der Waals surface area contributed by atoms with E-state index in [0.717, 1.165) is 0 Å². The van der Waals surface area contributed by atoms with E-state index in [-0.39, 0.29) is 17.4 Å². The standard InChI is InChI=1S/C14H14BrClN2O3/c1-7(2)18-11(10(13(20)21)17-14(18)15)12(19)8-3-5-9(16)6-4-8/h3-7,12,19H,1-2H3,(H,20,21). The van der Waals surface area contributed by atoms with Crippen molar-refractivity contribution in [3.05, 3.63) is 51.0 Å². The molecule has 0 aliphatic heterocycles. The monoisotopic (exact) mass is 372 g/mol. The number of imidazole rings is 1. The number of aromatic nitrogens is 2. The van der Waals surface area contributed by atoms with Crippen LogP contribution in [0.2, 0.25) is 5.02 Å². The number of nitrogens with zero attached hydrogens (tertiary/aromatic N) is 2. The highest BCUT2D eigenvalue weighted by Gasteiger charge is 2.28. The van der Waals surface area contributed by atoms with Gasteiger partial charge in [-0.05, 0) is 47.5 Å². The van der Waals surface area contributed by atoms with E-state index in [9.17, 15) is 15.0 Å². The highest BCUT2D eigenvalue weighted by Crippen LogP contribution is 2.31. The summed E-state index contributed by atoms with van der Waals surface area (Å²) in [6, 6.07) is 6.54. The van der Waals surface area contributed by atoms with E-state index in [1.807, 2.05) is 13.8 Å². The van der Waals surface area contributed by atoms with Crippen molar-refractivity contribution >= 4 is 33.5 Å². The van der Waals surface area contributed by atoms with Crippen molar-refractivity contribution in [2.45, 2.75) is 26.0 Å². The summed E-state index contributed by atoms with van der Waals surface area (Å²) in [5.41, 5.74) is 0.626. The maximum Gasteiger partial charge on any atom is 0.356 e. The molecule has 2 aromatic rings. The molecular weight excluding hydrogens is 360 g/mol. The zero-order chi connectivity index (χ0) is 15.7. The first kappa shape index (κ1) is 16.0. The molecule has 0 bridgehead atoms. The summed E-state index contributed by atoms with van der Waals surface area (Å²) in [5, 5.41) is 20.4. The highest BCUT2D eigenvalue weighted by molar-refractivity contribution is 9.10. The Morgan fingerprint density at radius 3 is 2.38 bits per heavy atom. The van der Waals surface area contributed by atoms with Gasteiger partial charge in [0.15, 0.2) is 10.4 Å². The van der Waals surface area contributed by atoms with Crippen molar-refractivity contribution < 1.29 is 15.0 Å². The summed E-state index contributed by atoms with van der Waals surface area (Å²) in [4.78, 5) is 15.4. The number of aromatic carboxylic acids is 1. The van der Waals surface area contributed by atoms with Crippen LogP contribution in [0, 0.1) is 0 Å². The number of aliphatic hydroxyl groups is 1. The summed E-state index contributed by atoms with van der Waals surface area (Å²) in [6.07, 6.45) is -1.10. The van der Waals surface area contributed by atoms with Crippen LogP contribution in [-0.4, -0.2) is 25.7 Å². The molecule has 21 heavy (non-hydrogen) atoms. The summed E-state index contributed by atoms with van der Waals surface area (Å²) >= 11 is 9.07. The van der Waals surface area contributed by atoms with Crippen LogP contribution in [0.5, 0.6) is 0 Å². The largest absolute Gasteiger partial charge is 0.476 e. The predicted molar refractivity (Wildman–Crippen MR) is 82.8 cm³/mol. The van der Waals surface area contributed by atoms with Crippen LogP contribution >= 0.6 is 27.5 Å². The molecule has 112 valence electrons. The Balaban J connectivity index is 2.60. The van der Waals surface area contributed by atoms with E-state index in [2.05, 4.69) is 20.9 Å². The minimum absolute atomic E-state index is 0.0584. The van der Waals surface area contributed by atoms with Crippen LogP contribution in [-0.2, 0) is 0 Å². The maximum atomic E-state index is 11.4. The van der Waals surface area contributed by atoms with Gasteiger partial charge in [0.2, 0.25) is 0 Å². The lowest BCUT2D eigenvalue weighted by atomic mass is 10.0. The van der Waals surface area contributed by atoms with Gasteiger partial charge in [-0.3, -0.25) is 0 Å². The molecule has 1 atom stereocenters. The normalized spacial score (nSPS) is 12.7. The van der Waals surface area contributed by atoms with Crippen LogP contribution in [0.4, 0.5) is 0 Å². The van der Waals surface area contributed by atoms with Gasteiger partial charge < -0.3 is 14.8 Å². The van der Waals surface area contributed by atoms with Crippen molar-refractivity contribution in [2.24, 2.45) is 0 Å². The van der Waals surface area contributed by atoms with Crippen LogP contribution < -0.4 is 0 Å². The minimum Gasteiger partial charge on any atom is -0.476 e. The fourth-order valence-corrected chi connectivity index (χ4v) is 3.03. The molecule has 1 aromatic carbocycles. The molecule has 0 aliphatic carbocycles. The summed E-state index contributed by atoms with van der Waals surface area (Å²) in [5.74, 6) is -1.18. The quantitative estimate of drug-likeness (QED) is 0.857. The van der Waals surface area contributed by atoms with Crippen molar-refractivity contribution in [1.29, 1.82) is 0 Å². The highest BCUT2D eigenvalue weighted by atomic mass is 79.9. The number of aliphatic hydroxyl groups excluding tert-OH is 1. The second-order valence-corrected chi connectivity index (χ2v) is 5.98. The Hall–Kier alpha value is -1.37. The van der Waals surface area contributed by atoms with E-state index < -0.39 is 12.1 Å². The zero-order valence-electron chi connectivity index (χ0n) is 11.4. The molecule has 0 radical (unpaired) electrons. The van der Waals surface area contributed by atoms with E-state index in [4.69, 9.17) is 11.6 Å². The fraction of sp³-hybridized carbons (Fsp3) is 0.286. The lowest BCUT2D eigenvalue weighted by Crippen LogP contribution is -2.14. The molecule has 7 heteroatoms. The van der Waals surface area contributed by atoms with Crippen molar-refractivity contribution in [3.63, 3.8) is 0 Å². The van der Waals surface area contributed by atoms with Crippen LogP contribution in [0.15, 0.2) is 29.0 Å². The van der Waals surface area contributed by atoms with Crippen LogP contribution in [0.1, 0.15) is 47.7 Å². The Labute approximate surface area is 135 Å². The molecular formula is C14H14BrClN2O3. The first-order valence-corrected chi connectivity index (χ1v) is 7.44. The van der Waals surface area contributed by atoms with Crippen LogP contribution in [0.3, 0.4) is 0 Å². The molecule has 2 N–H and O–H groups in total. The molecule has 0 aliphatic rings. The number of hydrogen-bond donors (Lipinski definition) is 2. The summed E-state index contributed by atoms with van der Waals surface area (Å²) < 4.78 is 2.03. The van der Waals surface area contributed by atoms with E-state index in [0.29, 0.717) is 15.3 Å². The lowest BCUT2D eigenvalue weighted by molar-refractivity contribution is 0.0684. The van der Waals surface area contributed by atoms with Gasteiger partial charge in [0.25, 0.3) is 0 Å². The van der Waals surface area contributed by atoms with E-state index in [1.54, 1.807) is 28.8 Å². The molecule has 5 nitrogen and oxygen atoms in total. The Morgan fingerprint density at radius 2 is 1.90 bits per heavy atom. The molecule has 0 saturated heterocycles. The van der Waals surface area contributed by atoms with Gasteiger partial charge in [-0.1, -0.05) is 23.7 Å². The first-order chi connectivity index (χ1) is 9.82. The van der Waals surface area contributed by atoms with Crippen molar-refractivity contribution in [3.8, 4) is 0 Å². The third-order valence-corrected chi connectivity index (χ3v) is 3.88. The maximum absolute atomic E-state index is 11.4. The van der Waals surface area contributed by atoms with Gasteiger partial charge in [0.1, 0.15) is 6.10 Å². The van der Waals surface area contributed by atoms with E-state index >= 15 is 0 Å². The number of hydrogen-bond acceptors (Lipinski definition) is 3. The van der Waals surface area contributed by atoms with Gasteiger partial charge in [0, 0.05) is 11.1 Å². The molecule has 0 fully saturated rings. The average molecular weight is 374 g/mol. The molecule has 0 saturated carbocycles. The van der Waals surface area contributed by atoms with Gasteiger partial charge in [0.05, 0.1) is 5.69 Å². The fourth-order valence-electron chi connectivity index (χ4n) is 2.13. The number of carbonyl (C=O) groups is 1. The molecule has 2 rings (SSSR count). The number of benzene rings is 1. The minimum atomic E-state index is -1.18.